The van der Waals surface area contributed by atoms with Crippen molar-refractivity contribution < 1.29 is 14.3 Å². The molecule has 1 N–H and O–H groups in total. The summed E-state index contributed by atoms with van der Waals surface area (Å²) in [5, 5.41) is 12.1. The number of carbonyl (C=O) groups excluding carboxylic acids is 2. The number of nitrogens with zero attached hydrogens (tertiary/aromatic N) is 3. The summed E-state index contributed by atoms with van der Waals surface area (Å²) in [6, 6.07) is 14.7. The van der Waals surface area contributed by atoms with Gasteiger partial charge < -0.3 is 19.9 Å². The number of hydrogen-bond acceptors (Lipinski definition) is 5. The Bertz CT molecular complexity index is 1000. The Hall–Kier alpha value is -3.08. The first-order valence-corrected chi connectivity index (χ1v) is 11.5. The van der Waals surface area contributed by atoms with Crippen LogP contribution < -0.4 is 10.1 Å². The number of hydrogen-bond donors (Lipinski definition) is 1. The maximum absolute atomic E-state index is 12.7. The standard InChI is InChI=1S/C25H29ClN4O3/c1-33-22-8-3-19(4-9-22)5-10-25(32)30-13-2-12-29(15-16-30)14-11-24(31)28-21-7-6-20(18-27)23(26)17-21/h3-4,6-9,17H,2,5,10-16H2,1H3,(H,28,31). The molecule has 1 aliphatic heterocycles. The molecule has 8 heteroatoms. The Morgan fingerprint density at radius 2 is 1.88 bits per heavy atom. The van der Waals surface area contributed by atoms with Crippen molar-refractivity contribution in [1.82, 2.24) is 9.80 Å². The number of aryl methyl sites for hydroxylation is 1. The topological polar surface area (TPSA) is 85.7 Å². The van der Waals surface area contributed by atoms with Gasteiger partial charge in [0.25, 0.3) is 0 Å². The van der Waals surface area contributed by atoms with E-state index in [1.165, 1.54) is 0 Å². The molecule has 0 spiro atoms. The zero-order valence-corrected chi connectivity index (χ0v) is 19.6. The van der Waals surface area contributed by atoms with Crippen LogP contribution in [0.3, 0.4) is 0 Å². The van der Waals surface area contributed by atoms with Crippen LogP contribution >= 0.6 is 11.6 Å². The molecule has 0 bridgehead atoms. The Labute approximate surface area is 199 Å². The van der Waals surface area contributed by atoms with E-state index in [9.17, 15) is 9.59 Å². The third kappa shape index (κ3) is 7.48. The number of ether oxygens (including phenoxy) is 1. The molecule has 0 unspecified atom stereocenters. The first kappa shape index (κ1) is 24.6. The van der Waals surface area contributed by atoms with Crippen LogP contribution in [0, 0.1) is 11.3 Å². The maximum atomic E-state index is 12.7. The van der Waals surface area contributed by atoms with Gasteiger partial charge in [-0.05, 0) is 55.3 Å². The average Bonchev–Trinajstić information content (AvgIpc) is 3.07. The highest BCUT2D eigenvalue weighted by Crippen LogP contribution is 2.20. The molecule has 33 heavy (non-hydrogen) atoms. The lowest BCUT2D eigenvalue weighted by Gasteiger charge is -2.22. The Morgan fingerprint density at radius 3 is 2.58 bits per heavy atom. The van der Waals surface area contributed by atoms with E-state index in [1.54, 1.807) is 25.3 Å². The van der Waals surface area contributed by atoms with Gasteiger partial charge in [0.1, 0.15) is 11.8 Å². The van der Waals surface area contributed by atoms with Crippen molar-refractivity contribution in [1.29, 1.82) is 5.26 Å². The van der Waals surface area contributed by atoms with Gasteiger partial charge in [-0.25, -0.2) is 0 Å². The number of halogens is 1. The quantitative estimate of drug-likeness (QED) is 0.638. The predicted octanol–water partition coefficient (Wildman–Crippen LogP) is 3.72. The number of rotatable bonds is 8. The summed E-state index contributed by atoms with van der Waals surface area (Å²) in [5.74, 6) is 0.877. The first-order valence-electron chi connectivity index (χ1n) is 11.1. The first-order chi connectivity index (χ1) is 16.0. The van der Waals surface area contributed by atoms with E-state index in [-0.39, 0.29) is 11.8 Å². The van der Waals surface area contributed by atoms with Crippen molar-refractivity contribution in [3.8, 4) is 11.8 Å². The van der Waals surface area contributed by atoms with Gasteiger partial charge in [0.05, 0.1) is 17.7 Å². The zero-order chi connectivity index (χ0) is 23.6. The van der Waals surface area contributed by atoms with Crippen LogP contribution in [-0.2, 0) is 16.0 Å². The summed E-state index contributed by atoms with van der Waals surface area (Å²) in [4.78, 5) is 29.2. The number of carbonyl (C=O) groups is 2. The molecule has 3 rings (SSSR count). The second-order valence-corrected chi connectivity index (χ2v) is 8.44. The normalized spacial score (nSPS) is 14.3. The van der Waals surface area contributed by atoms with Gasteiger partial charge in [-0.1, -0.05) is 23.7 Å². The molecule has 0 saturated carbocycles. The molecule has 2 amide bonds. The van der Waals surface area contributed by atoms with Crippen molar-refractivity contribution in [3.63, 3.8) is 0 Å². The van der Waals surface area contributed by atoms with Crippen molar-refractivity contribution in [2.45, 2.75) is 25.7 Å². The fourth-order valence-electron chi connectivity index (χ4n) is 3.81. The van der Waals surface area contributed by atoms with Gasteiger partial charge in [-0.3, -0.25) is 9.59 Å². The molecule has 1 aliphatic rings. The molecule has 0 aliphatic carbocycles. The molecule has 2 aromatic carbocycles. The number of methoxy groups -OCH3 is 1. The van der Waals surface area contributed by atoms with Gasteiger partial charge in [-0.15, -0.1) is 0 Å². The van der Waals surface area contributed by atoms with Crippen molar-refractivity contribution in [2.24, 2.45) is 0 Å². The number of nitriles is 1. The largest absolute Gasteiger partial charge is 0.497 e. The lowest BCUT2D eigenvalue weighted by molar-refractivity contribution is -0.131. The fraction of sp³-hybridized carbons (Fsp3) is 0.400. The molecular formula is C25H29ClN4O3. The molecule has 174 valence electrons. The molecule has 0 aromatic heterocycles. The summed E-state index contributed by atoms with van der Waals surface area (Å²) < 4.78 is 5.17. The molecule has 1 fully saturated rings. The highest BCUT2D eigenvalue weighted by molar-refractivity contribution is 6.32. The van der Waals surface area contributed by atoms with E-state index in [4.69, 9.17) is 21.6 Å². The van der Waals surface area contributed by atoms with E-state index < -0.39 is 0 Å². The van der Waals surface area contributed by atoms with Gasteiger partial charge in [0.2, 0.25) is 11.8 Å². The van der Waals surface area contributed by atoms with Crippen LogP contribution in [0.5, 0.6) is 5.75 Å². The number of amides is 2. The smallest absolute Gasteiger partial charge is 0.225 e. The molecule has 1 saturated heterocycles. The van der Waals surface area contributed by atoms with Gasteiger partial charge in [0, 0.05) is 44.7 Å². The van der Waals surface area contributed by atoms with E-state index in [0.717, 1.165) is 37.4 Å². The minimum Gasteiger partial charge on any atom is -0.497 e. The minimum atomic E-state index is -0.104. The van der Waals surface area contributed by atoms with Crippen LogP contribution in [0.4, 0.5) is 5.69 Å². The zero-order valence-electron chi connectivity index (χ0n) is 18.8. The predicted molar refractivity (Wildman–Crippen MR) is 128 cm³/mol. The van der Waals surface area contributed by atoms with Gasteiger partial charge in [0.15, 0.2) is 0 Å². The third-order valence-electron chi connectivity index (χ3n) is 5.76. The van der Waals surface area contributed by atoms with Gasteiger partial charge >= 0.3 is 0 Å². The van der Waals surface area contributed by atoms with E-state index in [1.807, 2.05) is 35.2 Å². The summed E-state index contributed by atoms with van der Waals surface area (Å²) in [7, 11) is 1.64. The van der Waals surface area contributed by atoms with Crippen LogP contribution in [0.15, 0.2) is 42.5 Å². The van der Waals surface area contributed by atoms with Crippen LogP contribution in [0.2, 0.25) is 5.02 Å². The Morgan fingerprint density at radius 1 is 1.09 bits per heavy atom. The number of benzene rings is 2. The van der Waals surface area contributed by atoms with Crippen LogP contribution in [-0.4, -0.2) is 61.4 Å². The Balaban J connectivity index is 1.40. The molecule has 0 radical (unpaired) electrons. The maximum Gasteiger partial charge on any atom is 0.225 e. The summed E-state index contributed by atoms with van der Waals surface area (Å²) in [5.41, 5.74) is 2.07. The SMILES string of the molecule is COc1ccc(CCC(=O)N2CCCN(CCC(=O)Nc3ccc(C#N)c(Cl)c3)CC2)cc1. The van der Waals surface area contributed by atoms with Crippen molar-refractivity contribution in [2.75, 3.05) is 45.2 Å². The average molecular weight is 469 g/mol. The van der Waals surface area contributed by atoms with E-state index in [0.29, 0.717) is 48.6 Å². The van der Waals surface area contributed by atoms with Gasteiger partial charge in [-0.2, -0.15) is 5.26 Å². The lowest BCUT2D eigenvalue weighted by atomic mass is 10.1. The summed E-state index contributed by atoms with van der Waals surface area (Å²) >= 11 is 6.02. The monoisotopic (exact) mass is 468 g/mol. The molecule has 1 heterocycles. The van der Waals surface area contributed by atoms with Crippen LogP contribution in [0.25, 0.3) is 0 Å². The molecule has 7 nitrogen and oxygen atoms in total. The van der Waals surface area contributed by atoms with Crippen molar-refractivity contribution in [3.05, 3.63) is 58.6 Å². The minimum absolute atomic E-state index is 0.104. The Kier molecular flexibility index (Phi) is 9.11. The fourth-order valence-corrected chi connectivity index (χ4v) is 4.03. The van der Waals surface area contributed by atoms with Crippen LogP contribution in [0.1, 0.15) is 30.4 Å². The van der Waals surface area contributed by atoms with E-state index >= 15 is 0 Å². The lowest BCUT2D eigenvalue weighted by Crippen LogP contribution is -2.36. The molecular weight excluding hydrogens is 440 g/mol. The molecule has 2 aromatic rings. The molecule has 0 atom stereocenters. The summed E-state index contributed by atoms with van der Waals surface area (Å²) in [6.45, 7) is 3.66. The summed E-state index contributed by atoms with van der Waals surface area (Å²) in [6.07, 6.45) is 2.44. The van der Waals surface area contributed by atoms with Crippen molar-refractivity contribution >= 4 is 29.1 Å². The number of nitrogens with one attached hydrogen (secondary N) is 1. The second kappa shape index (κ2) is 12.2. The number of anilines is 1. The van der Waals surface area contributed by atoms with E-state index in [2.05, 4.69) is 10.2 Å². The second-order valence-electron chi connectivity index (χ2n) is 8.03. The third-order valence-corrected chi connectivity index (χ3v) is 6.07. The highest BCUT2D eigenvalue weighted by atomic mass is 35.5. The highest BCUT2D eigenvalue weighted by Gasteiger charge is 2.19.